The van der Waals surface area contributed by atoms with Gasteiger partial charge in [-0.15, -0.1) is 0 Å². The highest BCUT2D eigenvalue weighted by Gasteiger charge is 2.27. The van der Waals surface area contributed by atoms with Crippen LogP contribution in [0.1, 0.15) is 27.2 Å². The van der Waals surface area contributed by atoms with E-state index in [9.17, 15) is 0 Å². The molecule has 0 aliphatic carbocycles. The number of anilines is 1. The number of piperazine rings is 1. The van der Waals surface area contributed by atoms with Gasteiger partial charge in [0.25, 0.3) is 0 Å². The Morgan fingerprint density at radius 2 is 1.95 bits per heavy atom. The van der Waals surface area contributed by atoms with Crippen molar-refractivity contribution in [2.24, 2.45) is 0 Å². The summed E-state index contributed by atoms with van der Waals surface area (Å²) >= 11 is 0. The predicted molar refractivity (Wildman–Crippen MR) is 89.9 cm³/mol. The summed E-state index contributed by atoms with van der Waals surface area (Å²) in [6, 6.07) is 14.0. The minimum atomic E-state index is 0.627. The van der Waals surface area contributed by atoms with Crippen molar-refractivity contribution in [3.63, 3.8) is 0 Å². The maximum Gasteiger partial charge on any atom is 0.129 e. The third kappa shape index (κ3) is 2.88. The van der Waals surface area contributed by atoms with Crippen LogP contribution in [0.5, 0.6) is 0 Å². The van der Waals surface area contributed by atoms with E-state index in [1.165, 1.54) is 11.8 Å². The molecular weight excluding hydrogens is 258 g/mol. The number of aromatic nitrogens is 1. The Morgan fingerprint density at radius 1 is 1.14 bits per heavy atom. The molecule has 1 fully saturated rings. The van der Waals surface area contributed by atoms with Gasteiger partial charge in [-0.3, -0.25) is 4.90 Å². The second kappa shape index (κ2) is 6.02. The number of pyridine rings is 1. The van der Waals surface area contributed by atoms with Crippen LogP contribution < -0.4 is 4.90 Å². The first-order valence-electron chi connectivity index (χ1n) is 8.05. The van der Waals surface area contributed by atoms with Crippen LogP contribution in [0.4, 0.5) is 5.82 Å². The van der Waals surface area contributed by atoms with Crippen molar-refractivity contribution >= 4 is 16.7 Å². The SMILES string of the molecule is CCC1CN(c2ccc3ccccc3n2)CCN1C(C)C. The summed E-state index contributed by atoms with van der Waals surface area (Å²) in [6.07, 6.45) is 1.20. The number of para-hydroxylation sites is 1. The fourth-order valence-corrected chi connectivity index (χ4v) is 3.35. The monoisotopic (exact) mass is 283 g/mol. The molecule has 1 saturated heterocycles. The van der Waals surface area contributed by atoms with Crippen LogP contribution in [0, 0.1) is 0 Å². The van der Waals surface area contributed by atoms with Crippen molar-refractivity contribution in [1.29, 1.82) is 0 Å². The van der Waals surface area contributed by atoms with Crippen LogP contribution in [-0.2, 0) is 0 Å². The molecule has 0 radical (unpaired) electrons. The van der Waals surface area contributed by atoms with E-state index < -0.39 is 0 Å². The lowest BCUT2D eigenvalue weighted by atomic mass is 10.1. The molecule has 0 spiro atoms. The van der Waals surface area contributed by atoms with Crippen LogP contribution in [0.2, 0.25) is 0 Å². The van der Waals surface area contributed by atoms with Gasteiger partial charge in [-0.1, -0.05) is 25.1 Å². The Bertz CT molecular complexity index is 608. The van der Waals surface area contributed by atoms with E-state index in [1.54, 1.807) is 0 Å². The van der Waals surface area contributed by atoms with E-state index in [0.717, 1.165) is 31.0 Å². The Labute approximate surface area is 127 Å². The van der Waals surface area contributed by atoms with Crippen molar-refractivity contribution in [3.8, 4) is 0 Å². The number of hydrogen-bond donors (Lipinski definition) is 0. The molecule has 2 aromatic rings. The molecule has 1 unspecified atom stereocenters. The molecule has 0 bridgehead atoms. The van der Waals surface area contributed by atoms with Gasteiger partial charge in [0.1, 0.15) is 5.82 Å². The Hall–Kier alpha value is -1.61. The molecule has 2 heterocycles. The lowest BCUT2D eigenvalue weighted by Crippen LogP contribution is -2.55. The number of rotatable bonds is 3. The number of hydrogen-bond acceptors (Lipinski definition) is 3. The molecule has 1 aliphatic heterocycles. The van der Waals surface area contributed by atoms with Crippen molar-refractivity contribution < 1.29 is 0 Å². The van der Waals surface area contributed by atoms with E-state index in [0.29, 0.717) is 12.1 Å². The molecule has 1 aliphatic rings. The van der Waals surface area contributed by atoms with Gasteiger partial charge in [0.15, 0.2) is 0 Å². The summed E-state index contributed by atoms with van der Waals surface area (Å²) in [5.74, 6) is 1.12. The van der Waals surface area contributed by atoms with Crippen LogP contribution in [0.3, 0.4) is 0 Å². The van der Waals surface area contributed by atoms with Gasteiger partial charge in [-0.25, -0.2) is 4.98 Å². The summed E-state index contributed by atoms with van der Waals surface area (Å²) in [4.78, 5) is 9.91. The largest absolute Gasteiger partial charge is 0.354 e. The third-order valence-corrected chi connectivity index (χ3v) is 4.57. The Balaban J connectivity index is 1.83. The predicted octanol–water partition coefficient (Wildman–Crippen LogP) is 3.54. The summed E-state index contributed by atoms with van der Waals surface area (Å²) in [6.45, 7) is 10.2. The molecule has 0 amide bonds. The van der Waals surface area contributed by atoms with Crippen LogP contribution in [-0.4, -0.2) is 41.6 Å². The standard InChI is InChI=1S/C18H25N3/c1-4-16-13-20(11-12-21(16)14(2)3)18-10-9-15-7-5-6-8-17(15)19-18/h5-10,14,16H,4,11-13H2,1-3H3. The number of benzene rings is 1. The summed E-state index contributed by atoms with van der Waals surface area (Å²) in [7, 11) is 0. The van der Waals surface area contributed by atoms with Crippen molar-refractivity contribution in [1.82, 2.24) is 9.88 Å². The van der Waals surface area contributed by atoms with Gasteiger partial charge in [0.05, 0.1) is 5.52 Å². The molecule has 1 atom stereocenters. The van der Waals surface area contributed by atoms with E-state index in [2.05, 4.69) is 67.0 Å². The molecule has 0 N–H and O–H groups in total. The molecule has 3 nitrogen and oxygen atoms in total. The zero-order chi connectivity index (χ0) is 14.8. The van der Waals surface area contributed by atoms with Crippen LogP contribution >= 0.6 is 0 Å². The van der Waals surface area contributed by atoms with E-state index in [4.69, 9.17) is 4.98 Å². The molecule has 1 aromatic carbocycles. The molecular formula is C18H25N3. The molecule has 1 aromatic heterocycles. The van der Waals surface area contributed by atoms with E-state index >= 15 is 0 Å². The first-order chi connectivity index (χ1) is 10.2. The van der Waals surface area contributed by atoms with Gasteiger partial charge in [-0.05, 0) is 38.5 Å². The zero-order valence-corrected chi connectivity index (χ0v) is 13.3. The number of nitrogens with zero attached hydrogens (tertiary/aromatic N) is 3. The second-order valence-electron chi connectivity index (χ2n) is 6.20. The maximum absolute atomic E-state index is 4.84. The fourth-order valence-electron chi connectivity index (χ4n) is 3.35. The quantitative estimate of drug-likeness (QED) is 0.859. The third-order valence-electron chi connectivity index (χ3n) is 4.57. The lowest BCUT2D eigenvalue weighted by Gasteiger charge is -2.43. The van der Waals surface area contributed by atoms with Gasteiger partial charge < -0.3 is 4.90 Å². The molecule has 21 heavy (non-hydrogen) atoms. The first-order valence-corrected chi connectivity index (χ1v) is 8.05. The first kappa shape index (κ1) is 14.3. The lowest BCUT2D eigenvalue weighted by molar-refractivity contribution is 0.133. The fraction of sp³-hybridized carbons (Fsp3) is 0.500. The minimum absolute atomic E-state index is 0.627. The maximum atomic E-state index is 4.84. The second-order valence-corrected chi connectivity index (χ2v) is 6.20. The molecule has 112 valence electrons. The van der Waals surface area contributed by atoms with E-state index in [-0.39, 0.29) is 0 Å². The number of fused-ring (bicyclic) bond motifs is 1. The van der Waals surface area contributed by atoms with Gasteiger partial charge >= 0.3 is 0 Å². The highest BCUT2D eigenvalue weighted by atomic mass is 15.3. The molecule has 3 heteroatoms. The zero-order valence-electron chi connectivity index (χ0n) is 13.3. The van der Waals surface area contributed by atoms with Crippen molar-refractivity contribution in [2.75, 3.05) is 24.5 Å². The Kier molecular flexibility index (Phi) is 4.11. The average molecular weight is 283 g/mol. The molecule has 0 saturated carbocycles. The highest BCUT2D eigenvalue weighted by molar-refractivity contribution is 5.80. The van der Waals surface area contributed by atoms with Gasteiger partial charge in [0, 0.05) is 37.1 Å². The Morgan fingerprint density at radius 3 is 2.71 bits per heavy atom. The normalized spacial score (nSPS) is 20.4. The topological polar surface area (TPSA) is 19.4 Å². The van der Waals surface area contributed by atoms with Crippen LogP contribution in [0.15, 0.2) is 36.4 Å². The summed E-state index contributed by atoms with van der Waals surface area (Å²) < 4.78 is 0. The summed E-state index contributed by atoms with van der Waals surface area (Å²) in [5.41, 5.74) is 1.09. The highest BCUT2D eigenvalue weighted by Crippen LogP contribution is 2.23. The van der Waals surface area contributed by atoms with Crippen molar-refractivity contribution in [2.45, 2.75) is 39.3 Å². The van der Waals surface area contributed by atoms with Crippen LogP contribution in [0.25, 0.3) is 10.9 Å². The molecule has 3 rings (SSSR count). The van der Waals surface area contributed by atoms with Gasteiger partial charge in [-0.2, -0.15) is 0 Å². The average Bonchev–Trinajstić information content (AvgIpc) is 2.53. The smallest absolute Gasteiger partial charge is 0.129 e. The van der Waals surface area contributed by atoms with E-state index in [1.807, 2.05) is 0 Å². The summed E-state index contributed by atoms with van der Waals surface area (Å²) in [5, 5.41) is 1.22. The minimum Gasteiger partial charge on any atom is -0.354 e. The van der Waals surface area contributed by atoms with Crippen molar-refractivity contribution in [3.05, 3.63) is 36.4 Å². The van der Waals surface area contributed by atoms with Gasteiger partial charge in [0.2, 0.25) is 0 Å².